The van der Waals surface area contributed by atoms with Crippen molar-refractivity contribution in [2.24, 2.45) is 7.05 Å². The molecule has 2 heteroatoms. The molecule has 0 bridgehead atoms. The van der Waals surface area contributed by atoms with Crippen molar-refractivity contribution >= 4 is 55.6 Å². The summed E-state index contributed by atoms with van der Waals surface area (Å²) >= 11 is 0.386. The molecular formula is C30H27NSe. The quantitative estimate of drug-likeness (QED) is 0.194. The molecule has 0 spiro atoms. The third-order valence-electron chi connectivity index (χ3n) is 7.22. The van der Waals surface area contributed by atoms with Gasteiger partial charge in [-0.25, -0.2) is 0 Å². The number of benzene rings is 4. The Kier molecular flexibility index (Phi) is 4.25. The van der Waals surface area contributed by atoms with E-state index in [1.807, 2.05) is 13.8 Å². The van der Waals surface area contributed by atoms with Gasteiger partial charge in [-0.1, -0.05) is 13.8 Å². The Bertz CT molecular complexity index is 1680. The molecule has 0 radical (unpaired) electrons. The monoisotopic (exact) mass is 481 g/mol. The summed E-state index contributed by atoms with van der Waals surface area (Å²) < 4.78 is 5.43. The van der Waals surface area contributed by atoms with E-state index in [1.54, 1.807) is 0 Å². The zero-order chi connectivity index (χ0) is 22.2. The standard InChI is InChI=1S/C28H21NSe.C2H6/c1-28(2)18-10-6-4-8-16(18)24-19(28)12-13-20-26(24)27-21(29(20)3)14-15-23-25(27)17-9-5-7-11-22(17)30-23;1-2/h4-15H,1-3H3;1-2H3. The summed E-state index contributed by atoms with van der Waals surface area (Å²) in [5, 5.41) is 5.80. The van der Waals surface area contributed by atoms with Crippen molar-refractivity contribution in [3.63, 3.8) is 0 Å². The van der Waals surface area contributed by atoms with E-state index in [4.69, 9.17) is 0 Å². The van der Waals surface area contributed by atoms with Gasteiger partial charge in [-0.3, -0.25) is 0 Å². The van der Waals surface area contributed by atoms with Crippen LogP contribution in [0.5, 0.6) is 0 Å². The summed E-state index contributed by atoms with van der Waals surface area (Å²) in [6.07, 6.45) is 0. The molecule has 1 aliphatic carbocycles. The summed E-state index contributed by atoms with van der Waals surface area (Å²) in [7, 11) is 2.22. The molecule has 0 saturated carbocycles. The van der Waals surface area contributed by atoms with Crippen LogP contribution in [0.4, 0.5) is 0 Å². The van der Waals surface area contributed by atoms with Crippen LogP contribution >= 0.6 is 0 Å². The first kappa shape index (κ1) is 19.9. The second-order valence-electron chi connectivity index (χ2n) is 9.04. The van der Waals surface area contributed by atoms with Crippen molar-refractivity contribution < 1.29 is 0 Å². The van der Waals surface area contributed by atoms with E-state index in [9.17, 15) is 0 Å². The van der Waals surface area contributed by atoms with E-state index >= 15 is 0 Å². The molecule has 0 fully saturated rings. The Labute approximate surface area is 195 Å². The SMILES string of the molecule is CC.Cn1c2ccc3c(c2c2c4c(ccc21)[se]c1ccccc14)-c1ccccc1C3(C)C. The van der Waals surface area contributed by atoms with Gasteiger partial charge in [-0.15, -0.1) is 0 Å². The van der Waals surface area contributed by atoms with Gasteiger partial charge in [0.05, 0.1) is 0 Å². The second-order valence-corrected chi connectivity index (χ2v) is 11.3. The van der Waals surface area contributed by atoms with Crippen molar-refractivity contribution in [3.05, 3.63) is 83.9 Å². The van der Waals surface area contributed by atoms with Gasteiger partial charge in [0.1, 0.15) is 0 Å². The number of fused-ring (bicyclic) bond motifs is 11. The summed E-state index contributed by atoms with van der Waals surface area (Å²) in [6.45, 7) is 8.74. The molecule has 158 valence electrons. The third-order valence-corrected chi connectivity index (χ3v) is 9.60. The molecule has 4 aromatic carbocycles. The summed E-state index contributed by atoms with van der Waals surface area (Å²) in [6, 6.07) is 27.5. The van der Waals surface area contributed by atoms with Crippen LogP contribution in [0, 0.1) is 0 Å². The second kappa shape index (κ2) is 6.85. The van der Waals surface area contributed by atoms with Crippen LogP contribution in [0.3, 0.4) is 0 Å². The van der Waals surface area contributed by atoms with Crippen LogP contribution in [0.25, 0.3) is 52.2 Å². The molecule has 2 aromatic heterocycles. The number of aryl methyl sites for hydroxylation is 1. The van der Waals surface area contributed by atoms with Crippen molar-refractivity contribution in [1.82, 2.24) is 4.57 Å². The number of rotatable bonds is 0. The van der Waals surface area contributed by atoms with Gasteiger partial charge >= 0.3 is 182 Å². The number of aromatic nitrogens is 1. The van der Waals surface area contributed by atoms with Gasteiger partial charge in [-0.2, -0.15) is 0 Å². The maximum absolute atomic E-state index is 2.40. The summed E-state index contributed by atoms with van der Waals surface area (Å²) in [5.41, 5.74) is 8.46. The van der Waals surface area contributed by atoms with Crippen LogP contribution in [0.2, 0.25) is 0 Å². The zero-order valence-electron chi connectivity index (χ0n) is 19.3. The molecule has 0 atom stereocenters. The number of hydrogen-bond acceptors (Lipinski definition) is 0. The van der Waals surface area contributed by atoms with Crippen molar-refractivity contribution in [2.75, 3.05) is 0 Å². The third kappa shape index (κ3) is 2.35. The Morgan fingerprint density at radius 2 is 1.34 bits per heavy atom. The molecule has 6 aromatic rings. The van der Waals surface area contributed by atoms with Gasteiger partial charge < -0.3 is 0 Å². The van der Waals surface area contributed by atoms with E-state index in [0.29, 0.717) is 14.5 Å². The van der Waals surface area contributed by atoms with Crippen molar-refractivity contribution in [1.29, 1.82) is 0 Å². The van der Waals surface area contributed by atoms with E-state index < -0.39 is 0 Å². The fraction of sp³-hybridized carbons (Fsp3) is 0.200. The first-order chi connectivity index (χ1) is 15.6. The minimum atomic E-state index is 0.0298. The van der Waals surface area contributed by atoms with Gasteiger partial charge in [0.2, 0.25) is 0 Å². The normalized spacial score (nSPS) is 14.0. The van der Waals surface area contributed by atoms with E-state index in [2.05, 4.69) is 98.3 Å². The predicted molar refractivity (Wildman–Crippen MR) is 141 cm³/mol. The first-order valence-corrected chi connectivity index (χ1v) is 13.2. The molecule has 0 amide bonds. The molecule has 0 saturated heterocycles. The van der Waals surface area contributed by atoms with Crippen LogP contribution in [0.1, 0.15) is 38.8 Å². The molecule has 0 N–H and O–H groups in total. The Morgan fingerprint density at radius 1 is 0.656 bits per heavy atom. The van der Waals surface area contributed by atoms with E-state index in [-0.39, 0.29) is 5.41 Å². The molecule has 7 rings (SSSR count). The molecular weight excluding hydrogens is 453 g/mol. The molecule has 1 aliphatic rings. The molecule has 0 aliphatic heterocycles. The summed E-state index contributed by atoms with van der Waals surface area (Å²) in [5.74, 6) is 0. The van der Waals surface area contributed by atoms with E-state index in [1.165, 1.54) is 63.4 Å². The summed E-state index contributed by atoms with van der Waals surface area (Å²) in [4.78, 5) is 0. The Morgan fingerprint density at radius 3 is 2.19 bits per heavy atom. The van der Waals surface area contributed by atoms with Gasteiger partial charge in [0.25, 0.3) is 0 Å². The van der Waals surface area contributed by atoms with Gasteiger partial charge in [0.15, 0.2) is 0 Å². The number of hydrogen-bond donors (Lipinski definition) is 0. The zero-order valence-corrected chi connectivity index (χ0v) is 21.0. The van der Waals surface area contributed by atoms with Gasteiger partial charge in [-0.05, 0) is 0 Å². The van der Waals surface area contributed by atoms with Crippen molar-refractivity contribution in [3.8, 4) is 11.1 Å². The van der Waals surface area contributed by atoms with Gasteiger partial charge in [0, 0.05) is 0 Å². The molecule has 2 heterocycles. The average Bonchev–Trinajstić information content (AvgIpc) is 3.42. The van der Waals surface area contributed by atoms with Crippen molar-refractivity contribution in [2.45, 2.75) is 33.1 Å². The Balaban J connectivity index is 0.000000953. The fourth-order valence-corrected chi connectivity index (χ4v) is 8.12. The Hall–Kier alpha value is -2.80. The van der Waals surface area contributed by atoms with Crippen LogP contribution in [-0.4, -0.2) is 19.1 Å². The first-order valence-electron chi connectivity index (χ1n) is 11.5. The number of nitrogens with zero attached hydrogens (tertiary/aromatic N) is 1. The van der Waals surface area contributed by atoms with Crippen LogP contribution in [-0.2, 0) is 12.5 Å². The molecule has 0 unspecified atom stereocenters. The van der Waals surface area contributed by atoms with Crippen LogP contribution in [0.15, 0.2) is 72.8 Å². The maximum atomic E-state index is 2.40. The average molecular weight is 481 g/mol. The predicted octanol–water partition coefficient (Wildman–Crippen LogP) is 8.03. The fourth-order valence-electron chi connectivity index (χ4n) is 5.78. The van der Waals surface area contributed by atoms with E-state index in [0.717, 1.165) is 0 Å². The van der Waals surface area contributed by atoms with Crippen LogP contribution < -0.4 is 0 Å². The topological polar surface area (TPSA) is 4.93 Å². The molecule has 32 heavy (non-hydrogen) atoms. The minimum absolute atomic E-state index is 0.0298. The molecule has 1 nitrogen and oxygen atoms in total.